The van der Waals surface area contributed by atoms with Crippen molar-refractivity contribution in [3.8, 4) is 0 Å². The summed E-state index contributed by atoms with van der Waals surface area (Å²) in [6, 6.07) is 6.67. The molecule has 1 saturated carbocycles. The Hall–Kier alpha value is -0.870. The fourth-order valence-electron chi connectivity index (χ4n) is 2.08. The third-order valence-corrected chi connectivity index (χ3v) is 5.32. The fraction of sp³-hybridized carbons (Fsp3) is 0.417. The average Bonchev–Trinajstić information content (AvgIpc) is 2.68. The minimum atomic E-state index is -3.37. The number of carbonyl (C=O) groups excluding carboxylic acids is 1. The molecule has 1 aliphatic carbocycles. The summed E-state index contributed by atoms with van der Waals surface area (Å²) in [5.74, 6) is -0.223. The Balaban J connectivity index is 2.17. The molecule has 0 bridgehead atoms. The summed E-state index contributed by atoms with van der Waals surface area (Å²) in [4.78, 5) is 11.5. The van der Waals surface area contributed by atoms with Crippen molar-refractivity contribution < 1.29 is 13.2 Å². The molecule has 0 saturated heterocycles. The monoisotopic (exact) mass is 272 g/mol. The van der Waals surface area contributed by atoms with Crippen LogP contribution >= 0.6 is 11.6 Å². The Kier molecular flexibility index (Phi) is 3.54. The smallest absolute Gasteiger partial charge is 0.164 e. The standard InChI is InChI=1S/C12H13ClO3S/c13-10-6-4-9(5-7-10)8-17(15,16)12-3-1-2-11(12)14/h4-7,12H,1-3,8H2. The Morgan fingerprint density at radius 2 is 1.88 bits per heavy atom. The van der Waals surface area contributed by atoms with Crippen LogP contribution in [-0.4, -0.2) is 19.5 Å². The van der Waals surface area contributed by atoms with Gasteiger partial charge in [-0.15, -0.1) is 0 Å². The van der Waals surface area contributed by atoms with Gasteiger partial charge in [0.05, 0.1) is 5.75 Å². The van der Waals surface area contributed by atoms with E-state index in [0.717, 1.165) is 0 Å². The molecule has 1 fully saturated rings. The lowest BCUT2D eigenvalue weighted by Crippen LogP contribution is -2.26. The van der Waals surface area contributed by atoms with E-state index in [1.165, 1.54) is 0 Å². The number of hydrogen-bond donors (Lipinski definition) is 0. The number of Topliss-reactive ketones (excluding diaryl/α,β-unsaturated/α-hetero) is 1. The Morgan fingerprint density at radius 1 is 1.24 bits per heavy atom. The molecule has 0 amide bonds. The van der Waals surface area contributed by atoms with Gasteiger partial charge >= 0.3 is 0 Å². The molecule has 92 valence electrons. The second-order valence-corrected chi connectivity index (χ2v) is 6.90. The number of benzene rings is 1. The van der Waals surface area contributed by atoms with Gasteiger partial charge in [-0.3, -0.25) is 4.79 Å². The number of halogens is 1. The minimum absolute atomic E-state index is 0.0828. The zero-order valence-electron chi connectivity index (χ0n) is 9.23. The van der Waals surface area contributed by atoms with Crippen molar-refractivity contribution in [2.24, 2.45) is 0 Å². The lowest BCUT2D eigenvalue weighted by Gasteiger charge is -2.09. The van der Waals surface area contributed by atoms with Gasteiger partial charge in [-0.2, -0.15) is 0 Å². The number of hydrogen-bond acceptors (Lipinski definition) is 3. The van der Waals surface area contributed by atoms with Gasteiger partial charge in [0.1, 0.15) is 5.25 Å². The van der Waals surface area contributed by atoms with E-state index in [4.69, 9.17) is 11.6 Å². The van der Waals surface area contributed by atoms with Gasteiger partial charge in [0.25, 0.3) is 0 Å². The van der Waals surface area contributed by atoms with E-state index in [0.29, 0.717) is 29.8 Å². The molecular weight excluding hydrogens is 260 g/mol. The molecule has 0 N–H and O–H groups in total. The summed E-state index contributed by atoms with van der Waals surface area (Å²) >= 11 is 5.73. The number of ketones is 1. The molecule has 5 heteroatoms. The highest BCUT2D eigenvalue weighted by Crippen LogP contribution is 2.24. The summed E-state index contributed by atoms with van der Waals surface area (Å²) in [6.07, 6.45) is 1.54. The molecule has 1 aromatic rings. The first-order valence-electron chi connectivity index (χ1n) is 5.48. The van der Waals surface area contributed by atoms with E-state index in [9.17, 15) is 13.2 Å². The molecule has 0 radical (unpaired) electrons. The van der Waals surface area contributed by atoms with Crippen molar-refractivity contribution >= 4 is 27.2 Å². The largest absolute Gasteiger partial charge is 0.298 e. The molecule has 17 heavy (non-hydrogen) atoms. The SMILES string of the molecule is O=C1CCCC1S(=O)(=O)Cc1ccc(Cl)cc1. The summed E-state index contributed by atoms with van der Waals surface area (Å²) in [6.45, 7) is 0. The zero-order valence-corrected chi connectivity index (χ0v) is 10.8. The van der Waals surface area contributed by atoms with Crippen LogP contribution in [0.1, 0.15) is 24.8 Å². The highest BCUT2D eigenvalue weighted by Gasteiger charge is 2.35. The van der Waals surface area contributed by atoms with Crippen LogP contribution < -0.4 is 0 Å². The fourth-order valence-corrected chi connectivity index (χ4v) is 4.11. The van der Waals surface area contributed by atoms with Gasteiger partial charge in [0, 0.05) is 11.4 Å². The zero-order chi connectivity index (χ0) is 12.5. The molecular formula is C12H13ClO3S. The van der Waals surface area contributed by atoms with E-state index in [-0.39, 0.29) is 11.5 Å². The van der Waals surface area contributed by atoms with Crippen LogP contribution in [0.5, 0.6) is 0 Å². The third-order valence-electron chi connectivity index (χ3n) is 2.96. The van der Waals surface area contributed by atoms with Crippen molar-refractivity contribution in [1.29, 1.82) is 0 Å². The van der Waals surface area contributed by atoms with Crippen LogP contribution in [0.2, 0.25) is 5.02 Å². The third kappa shape index (κ3) is 2.87. The van der Waals surface area contributed by atoms with E-state index in [2.05, 4.69) is 0 Å². The van der Waals surface area contributed by atoms with E-state index >= 15 is 0 Å². The Bertz CT molecular complexity index is 519. The predicted molar refractivity (Wildman–Crippen MR) is 66.7 cm³/mol. The van der Waals surface area contributed by atoms with Crippen molar-refractivity contribution in [3.05, 3.63) is 34.9 Å². The van der Waals surface area contributed by atoms with Crippen LogP contribution in [0.25, 0.3) is 0 Å². The van der Waals surface area contributed by atoms with Crippen LogP contribution in [0.4, 0.5) is 0 Å². The van der Waals surface area contributed by atoms with Crippen molar-refractivity contribution in [1.82, 2.24) is 0 Å². The highest BCUT2D eigenvalue weighted by molar-refractivity contribution is 7.92. The van der Waals surface area contributed by atoms with Gasteiger partial charge in [-0.05, 0) is 30.5 Å². The summed E-state index contributed by atoms with van der Waals surface area (Å²) in [5, 5.41) is -0.221. The number of rotatable bonds is 3. The molecule has 0 spiro atoms. The Labute approximate surface area is 106 Å². The number of carbonyl (C=O) groups is 1. The summed E-state index contributed by atoms with van der Waals surface area (Å²) in [5.41, 5.74) is 0.675. The molecule has 1 atom stereocenters. The van der Waals surface area contributed by atoms with Gasteiger partial charge in [0.15, 0.2) is 15.6 Å². The van der Waals surface area contributed by atoms with Gasteiger partial charge in [-0.25, -0.2) is 8.42 Å². The van der Waals surface area contributed by atoms with Crippen LogP contribution in [-0.2, 0) is 20.4 Å². The molecule has 1 unspecified atom stereocenters. The quantitative estimate of drug-likeness (QED) is 0.849. The molecule has 1 aliphatic rings. The summed E-state index contributed by atoms with van der Waals surface area (Å²) < 4.78 is 24.1. The Morgan fingerprint density at radius 3 is 2.41 bits per heavy atom. The highest BCUT2D eigenvalue weighted by atomic mass is 35.5. The van der Waals surface area contributed by atoms with Crippen molar-refractivity contribution in [2.75, 3.05) is 0 Å². The van der Waals surface area contributed by atoms with E-state index in [1.54, 1.807) is 24.3 Å². The lowest BCUT2D eigenvalue weighted by molar-refractivity contribution is -0.117. The van der Waals surface area contributed by atoms with Crippen LogP contribution in [0.15, 0.2) is 24.3 Å². The first-order chi connectivity index (χ1) is 7.99. The predicted octanol–water partition coefficient (Wildman–Crippen LogP) is 2.38. The van der Waals surface area contributed by atoms with Gasteiger partial charge in [0.2, 0.25) is 0 Å². The van der Waals surface area contributed by atoms with Gasteiger partial charge < -0.3 is 0 Å². The molecule has 0 aliphatic heterocycles. The first kappa shape index (κ1) is 12.6. The van der Waals surface area contributed by atoms with E-state index < -0.39 is 15.1 Å². The maximum Gasteiger partial charge on any atom is 0.164 e. The molecule has 3 nitrogen and oxygen atoms in total. The normalized spacial score (nSPS) is 20.8. The lowest BCUT2D eigenvalue weighted by atomic mass is 10.2. The van der Waals surface area contributed by atoms with Crippen LogP contribution in [0, 0.1) is 0 Å². The average molecular weight is 273 g/mol. The van der Waals surface area contributed by atoms with E-state index in [1.807, 2.05) is 0 Å². The molecule has 2 rings (SSSR count). The topological polar surface area (TPSA) is 51.2 Å². The summed E-state index contributed by atoms with van der Waals surface area (Å²) in [7, 11) is -3.37. The number of sulfone groups is 1. The van der Waals surface area contributed by atoms with Gasteiger partial charge in [-0.1, -0.05) is 23.7 Å². The minimum Gasteiger partial charge on any atom is -0.298 e. The maximum atomic E-state index is 12.0. The second kappa shape index (κ2) is 4.78. The molecule has 1 aromatic carbocycles. The molecule has 0 heterocycles. The van der Waals surface area contributed by atoms with Crippen molar-refractivity contribution in [2.45, 2.75) is 30.3 Å². The first-order valence-corrected chi connectivity index (χ1v) is 7.57. The second-order valence-electron chi connectivity index (χ2n) is 4.28. The molecule has 0 aromatic heterocycles. The maximum absolute atomic E-state index is 12.0. The van der Waals surface area contributed by atoms with Crippen molar-refractivity contribution in [3.63, 3.8) is 0 Å². The van der Waals surface area contributed by atoms with Crippen LogP contribution in [0.3, 0.4) is 0 Å².